The quantitative estimate of drug-likeness (QED) is 0.178. The summed E-state index contributed by atoms with van der Waals surface area (Å²) in [5.74, 6) is 0. The number of benzene rings is 10. The minimum absolute atomic E-state index is 0.610. The van der Waals surface area contributed by atoms with Gasteiger partial charge in [0, 0.05) is 16.8 Å². The number of para-hydroxylation sites is 1. The van der Waals surface area contributed by atoms with Gasteiger partial charge in [0.2, 0.25) is 0 Å². The summed E-state index contributed by atoms with van der Waals surface area (Å²) in [7, 11) is 0. The molecule has 2 aliphatic rings. The smallest absolute Gasteiger partial charge is 0.137 e. The average molecular weight is 750 g/mol. The van der Waals surface area contributed by atoms with Crippen molar-refractivity contribution >= 4 is 60.5 Å². The van der Waals surface area contributed by atoms with Crippen molar-refractivity contribution in [3.05, 3.63) is 235 Å². The van der Waals surface area contributed by atoms with E-state index in [1.165, 1.54) is 77.2 Å². The summed E-state index contributed by atoms with van der Waals surface area (Å²) in [6.07, 6.45) is 0. The third-order valence-corrected chi connectivity index (χ3v) is 13.0. The van der Waals surface area contributed by atoms with Crippen molar-refractivity contribution in [2.45, 2.75) is 5.41 Å². The maximum absolute atomic E-state index is 6.52. The minimum atomic E-state index is -0.610. The van der Waals surface area contributed by atoms with Crippen LogP contribution in [-0.2, 0) is 5.41 Å². The summed E-state index contributed by atoms with van der Waals surface area (Å²) in [4.78, 5) is 2.45. The lowest BCUT2D eigenvalue weighted by atomic mass is 9.60. The average Bonchev–Trinajstić information content (AvgIpc) is 3.82. The van der Waals surface area contributed by atoms with Crippen LogP contribution in [0, 0.1) is 0 Å². The molecule has 11 aromatic rings. The number of nitrogens with zero attached hydrogens (tertiary/aromatic N) is 1. The standard InChI is InChI=1S/C57H35NO/c1-2-15-37(16-3-1)42-32-29-38-18-12-22-46-44-20-7-10-24-49(44)57(56(42)54(38)46)48-23-9-6-19-43(48)45-33-31-41(35-50(45)57)58(40-30-28-36-14-4-5-17-39(36)34-40)51-25-13-27-53-55(51)47-21-8-11-26-52(47)59-53/h1-35H. The maximum atomic E-state index is 6.52. The second-order valence-corrected chi connectivity index (χ2v) is 15.9. The van der Waals surface area contributed by atoms with E-state index in [0.717, 1.165) is 39.0 Å². The van der Waals surface area contributed by atoms with E-state index in [1.807, 2.05) is 6.07 Å². The molecule has 10 aromatic carbocycles. The van der Waals surface area contributed by atoms with E-state index >= 15 is 0 Å². The fraction of sp³-hybridized carbons (Fsp3) is 0.0175. The van der Waals surface area contributed by atoms with Crippen LogP contribution in [-0.4, -0.2) is 0 Å². The van der Waals surface area contributed by atoms with Crippen molar-refractivity contribution in [3.8, 4) is 33.4 Å². The Morgan fingerprint density at radius 1 is 0.356 bits per heavy atom. The molecule has 1 atom stereocenters. The minimum Gasteiger partial charge on any atom is -0.456 e. The predicted molar refractivity (Wildman–Crippen MR) is 245 cm³/mol. The molecule has 274 valence electrons. The highest BCUT2D eigenvalue weighted by Gasteiger charge is 2.51. The van der Waals surface area contributed by atoms with Gasteiger partial charge in [-0.25, -0.2) is 0 Å². The number of anilines is 3. The molecule has 1 aromatic heterocycles. The van der Waals surface area contributed by atoms with Gasteiger partial charge in [0.25, 0.3) is 0 Å². The van der Waals surface area contributed by atoms with Crippen molar-refractivity contribution in [1.29, 1.82) is 0 Å². The molecule has 0 amide bonds. The van der Waals surface area contributed by atoms with Gasteiger partial charge < -0.3 is 9.32 Å². The molecule has 1 heterocycles. The second kappa shape index (κ2) is 12.2. The van der Waals surface area contributed by atoms with Gasteiger partial charge in [-0.05, 0) is 120 Å². The maximum Gasteiger partial charge on any atom is 0.137 e. The van der Waals surface area contributed by atoms with Crippen LogP contribution in [0.5, 0.6) is 0 Å². The van der Waals surface area contributed by atoms with Gasteiger partial charge in [-0.3, -0.25) is 0 Å². The summed E-state index contributed by atoms with van der Waals surface area (Å²) in [5.41, 5.74) is 17.3. The first-order chi connectivity index (χ1) is 29.3. The van der Waals surface area contributed by atoms with Gasteiger partial charge in [-0.15, -0.1) is 0 Å². The largest absolute Gasteiger partial charge is 0.456 e. The third kappa shape index (κ3) is 4.40. The third-order valence-electron chi connectivity index (χ3n) is 13.0. The highest BCUT2D eigenvalue weighted by molar-refractivity contribution is 6.14. The van der Waals surface area contributed by atoms with Crippen LogP contribution in [0.4, 0.5) is 17.1 Å². The highest BCUT2D eigenvalue weighted by Crippen LogP contribution is 2.64. The first kappa shape index (κ1) is 32.4. The second-order valence-electron chi connectivity index (χ2n) is 15.9. The van der Waals surface area contributed by atoms with Gasteiger partial charge in [0.15, 0.2) is 0 Å². The molecule has 2 nitrogen and oxygen atoms in total. The lowest BCUT2D eigenvalue weighted by Gasteiger charge is -2.41. The van der Waals surface area contributed by atoms with Crippen LogP contribution in [0.3, 0.4) is 0 Å². The van der Waals surface area contributed by atoms with E-state index in [9.17, 15) is 0 Å². The molecule has 13 rings (SSSR count). The van der Waals surface area contributed by atoms with Crippen LogP contribution < -0.4 is 4.90 Å². The van der Waals surface area contributed by atoms with E-state index in [2.05, 4.69) is 211 Å². The topological polar surface area (TPSA) is 16.4 Å². The SMILES string of the molecule is c1ccc(-c2ccc3cccc4c3c2C2(c3ccccc3-c3ccc(N(c5ccc6ccccc6c5)c5cccc6oc7ccccc7c56)cc32)c2ccccc2-4)cc1. The molecule has 1 unspecified atom stereocenters. The molecule has 2 heteroatoms. The molecule has 0 radical (unpaired) electrons. The van der Waals surface area contributed by atoms with Crippen LogP contribution in [0.25, 0.3) is 76.9 Å². The monoisotopic (exact) mass is 749 g/mol. The first-order valence-electron chi connectivity index (χ1n) is 20.4. The van der Waals surface area contributed by atoms with E-state index in [-0.39, 0.29) is 0 Å². The lowest BCUT2D eigenvalue weighted by molar-refractivity contribution is 0.669. The van der Waals surface area contributed by atoms with Crippen molar-refractivity contribution < 1.29 is 4.42 Å². The Kier molecular flexibility index (Phi) is 6.68. The normalized spacial score (nSPS) is 14.8. The van der Waals surface area contributed by atoms with Crippen LogP contribution in [0.2, 0.25) is 0 Å². The summed E-state index contributed by atoms with van der Waals surface area (Å²) in [6, 6.07) is 78.3. The molecule has 0 saturated heterocycles. The number of rotatable bonds is 4. The van der Waals surface area contributed by atoms with Crippen LogP contribution >= 0.6 is 0 Å². The summed E-state index contributed by atoms with van der Waals surface area (Å²) >= 11 is 0. The number of hydrogen-bond acceptors (Lipinski definition) is 2. The molecule has 1 spiro atoms. The Labute approximate surface area is 341 Å². The van der Waals surface area contributed by atoms with Crippen molar-refractivity contribution in [2.75, 3.05) is 4.90 Å². The Morgan fingerprint density at radius 3 is 1.81 bits per heavy atom. The molecule has 0 bridgehead atoms. The van der Waals surface area contributed by atoms with E-state index < -0.39 is 5.41 Å². The zero-order valence-electron chi connectivity index (χ0n) is 32.1. The fourth-order valence-corrected chi connectivity index (χ4v) is 10.7. The molecule has 0 fully saturated rings. The van der Waals surface area contributed by atoms with Crippen molar-refractivity contribution in [3.63, 3.8) is 0 Å². The zero-order chi connectivity index (χ0) is 38.7. The summed E-state index contributed by atoms with van der Waals surface area (Å²) in [6.45, 7) is 0. The Morgan fingerprint density at radius 2 is 0.949 bits per heavy atom. The molecule has 0 aliphatic heterocycles. The van der Waals surface area contributed by atoms with E-state index in [0.29, 0.717) is 0 Å². The predicted octanol–water partition coefficient (Wildman–Crippen LogP) is 15.4. The zero-order valence-corrected chi connectivity index (χ0v) is 32.1. The van der Waals surface area contributed by atoms with Crippen LogP contribution in [0.1, 0.15) is 22.3 Å². The van der Waals surface area contributed by atoms with Gasteiger partial charge in [-0.1, -0.05) is 170 Å². The van der Waals surface area contributed by atoms with Gasteiger partial charge >= 0.3 is 0 Å². The molecule has 59 heavy (non-hydrogen) atoms. The van der Waals surface area contributed by atoms with Crippen molar-refractivity contribution in [2.24, 2.45) is 0 Å². The molecule has 2 aliphatic carbocycles. The lowest BCUT2D eigenvalue weighted by Crippen LogP contribution is -2.32. The van der Waals surface area contributed by atoms with Gasteiger partial charge in [0.1, 0.15) is 11.2 Å². The molecular formula is C57H35NO. The molecule has 0 saturated carbocycles. The molecule has 0 N–H and O–H groups in total. The van der Waals surface area contributed by atoms with Crippen molar-refractivity contribution in [1.82, 2.24) is 0 Å². The fourth-order valence-electron chi connectivity index (χ4n) is 10.7. The Bertz CT molecular complexity index is 3520. The highest BCUT2D eigenvalue weighted by atomic mass is 16.3. The summed E-state index contributed by atoms with van der Waals surface area (Å²) in [5, 5.41) is 7.19. The Hall–Kier alpha value is -7.68. The van der Waals surface area contributed by atoms with Gasteiger partial charge in [-0.2, -0.15) is 0 Å². The van der Waals surface area contributed by atoms with E-state index in [4.69, 9.17) is 4.42 Å². The Balaban J connectivity index is 1.18. The number of furan rings is 1. The molecular weight excluding hydrogens is 715 g/mol. The van der Waals surface area contributed by atoms with Crippen LogP contribution in [0.15, 0.2) is 217 Å². The summed E-state index contributed by atoms with van der Waals surface area (Å²) < 4.78 is 6.52. The number of fused-ring (bicyclic) bond motifs is 13. The number of hydrogen-bond donors (Lipinski definition) is 0. The first-order valence-corrected chi connectivity index (χ1v) is 20.4. The van der Waals surface area contributed by atoms with Gasteiger partial charge in [0.05, 0.1) is 16.5 Å². The van der Waals surface area contributed by atoms with E-state index in [1.54, 1.807) is 0 Å².